The third-order valence-corrected chi connectivity index (χ3v) is 2.50. The van der Waals surface area contributed by atoms with Gasteiger partial charge in [-0.05, 0) is 25.3 Å². The average molecular weight is 212 g/mol. The van der Waals surface area contributed by atoms with Gasteiger partial charge >= 0.3 is 0 Å². The van der Waals surface area contributed by atoms with Crippen LogP contribution in [0.2, 0.25) is 0 Å². The highest BCUT2D eigenvalue weighted by Gasteiger charge is 2.24. The van der Waals surface area contributed by atoms with Crippen molar-refractivity contribution in [2.45, 2.75) is 51.9 Å². The number of aliphatic hydroxyl groups excluding tert-OH is 1. The molecule has 1 atom stereocenters. The Kier molecular flexibility index (Phi) is 3.52. The molecule has 4 nitrogen and oxygen atoms in total. The van der Waals surface area contributed by atoms with Gasteiger partial charge in [-0.3, -0.25) is 4.68 Å². The Morgan fingerprint density at radius 1 is 1.47 bits per heavy atom. The minimum Gasteiger partial charge on any atom is -0.388 e. The van der Waals surface area contributed by atoms with Gasteiger partial charge in [0.1, 0.15) is 6.10 Å². The first-order valence-corrected chi connectivity index (χ1v) is 5.23. The molecule has 1 heterocycles. The fraction of sp³-hybridized carbons (Fsp3) is 0.727. The lowest BCUT2D eigenvalue weighted by Crippen LogP contribution is -2.39. The molecule has 0 saturated heterocycles. The predicted octanol–water partition coefficient (Wildman–Crippen LogP) is 1.14. The first-order chi connectivity index (χ1) is 6.80. The molecule has 1 unspecified atom stereocenters. The highest BCUT2D eigenvalue weighted by molar-refractivity contribution is 5.08. The molecule has 0 spiro atoms. The van der Waals surface area contributed by atoms with E-state index in [-0.39, 0.29) is 0 Å². The van der Waals surface area contributed by atoms with E-state index in [0.717, 1.165) is 5.56 Å². The normalized spacial score (nSPS) is 14.6. The zero-order valence-corrected chi connectivity index (χ0v) is 9.81. The van der Waals surface area contributed by atoms with Crippen LogP contribution in [-0.2, 0) is 6.54 Å². The monoisotopic (exact) mass is 212 g/mol. The third kappa shape index (κ3) is 3.32. The van der Waals surface area contributed by atoms with Crippen molar-refractivity contribution in [3.8, 4) is 0 Å². The summed E-state index contributed by atoms with van der Waals surface area (Å²) >= 11 is 0. The highest BCUT2D eigenvalue weighted by Crippen LogP contribution is 2.14. The molecule has 4 heteroatoms. The lowest BCUT2D eigenvalue weighted by molar-refractivity contribution is -0.0566. The van der Waals surface area contributed by atoms with Crippen LogP contribution in [0.15, 0.2) is 12.4 Å². The quantitative estimate of drug-likeness (QED) is 0.786. The molecule has 2 N–H and O–H groups in total. The van der Waals surface area contributed by atoms with Crippen molar-refractivity contribution in [2.75, 3.05) is 0 Å². The summed E-state index contributed by atoms with van der Waals surface area (Å²) in [5, 5.41) is 23.4. The summed E-state index contributed by atoms with van der Waals surface area (Å²) in [5.41, 5.74) is 0.0437. The molecule has 0 saturated carbocycles. The van der Waals surface area contributed by atoms with Crippen molar-refractivity contribution in [1.29, 1.82) is 0 Å². The Morgan fingerprint density at radius 3 is 2.47 bits per heavy atom. The van der Waals surface area contributed by atoms with Crippen LogP contribution >= 0.6 is 0 Å². The van der Waals surface area contributed by atoms with Crippen LogP contribution in [0, 0.1) is 0 Å². The van der Waals surface area contributed by atoms with Crippen LogP contribution in [-0.4, -0.2) is 31.7 Å². The fourth-order valence-corrected chi connectivity index (χ4v) is 1.18. The molecule has 1 aromatic rings. The topological polar surface area (TPSA) is 58.3 Å². The van der Waals surface area contributed by atoms with Gasteiger partial charge in [-0.25, -0.2) is 0 Å². The number of hydrogen-bond donors (Lipinski definition) is 2. The van der Waals surface area contributed by atoms with Crippen LogP contribution < -0.4 is 0 Å². The van der Waals surface area contributed by atoms with E-state index in [4.69, 9.17) is 0 Å². The Morgan fingerprint density at radius 2 is 2.07 bits per heavy atom. The molecule has 0 bridgehead atoms. The second kappa shape index (κ2) is 4.33. The van der Waals surface area contributed by atoms with Crippen molar-refractivity contribution in [1.82, 2.24) is 9.78 Å². The van der Waals surface area contributed by atoms with Crippen LogP contribution in [0.5, 0.6) is 0 Å². The van der Waals surface area contributed by atoms with Gasteiger partial charge in [-0.15, -0.1) is 0 Å². The molecule has 0 fully saturated rings. The molecule has 0 aromatic carbocycles. The Hall–Kier alpha value is -0.870. The Labute approximate surface area is 90.5 Å². The smallest absolute Gasteiger partial charge is 0.102 e. The van der Waals surface area contributed by atoms with Crippen molar-refractivity contribution >= 4 is 0 Å². The van der Waals surface area contributed by atoms with Gasteiger partial charge in [-0.2, -0.15) is 5.10 Å². The predicted molar refractivity (Wildman–Crippen MR) is 58.6 cm³/mol. The SMILES string of the molecule is CC(C)c1cnn(CC(O)C(C)(C)O)c1. The minimum absolute atomic E-state index is 0.316. The van der Waals surface area contributed by atoms with E-state index >= 15 is 0 Å². The third-order valence-electron chi connectivity index (χ3n) is 2.50. The number of rotatable bonds is 4. The summed E-state index contributed by atoms with van der Waals surface area (Å²) in [7, 11) is 0. The number of aliphatic hydroxyl groups is 2. The molecule has 0 radical (unpaired) electrons. The largest absolute Gasteiger partial charge is 0.388 e. The van der Waals surface area contributed by atoms with Crippen molar-refractivity contribution in [3.05, 3.63) is 18.0 Å². The molecule has 0 aliphatic carbocycles. The number of nitrogens with zero attached hydrogens (tertiary/aromatic N) is 2. The fourth-order valence-electron chi connectivity index (χ4n) is 1.18. The molecular weight excluding hydrogens is 192 g/mol. The lowest BCUT2D eigenvalue weighted by Gasteiger charge is -2.24. The maximum Gasteiger partial charge on any atom is 0.102 e. The van der Waals surface area contributed by atoms with Crippen LogP contribution in [0.4, 0.5) is 0 Å². The average Bonchev–Trinajstić information content (AvgIpc) is 2.50. The van der Waals surface area contributed by atoms with Gasteiger partial charge < -0.3 is 10.2 Å². The maximum absolute atomic E-state index is 9.68. The van der Waals surface area contributed by atoms with Gasteiger partial charge in [0.05, 0.1) is 18.3 Å². The molecule has 0 aliphatic rings. The molecule has 0 amide bonds. The van der Waals surface area contributed by atoms with Crippen LogP contribution in [0.3, 0.4) is 0 Å². The zero-order valence-electron chi connectivity index (χ0n) is 9.81. The summed E-state index contributed by atoms with van der Waals surface area (Å²) in [4.78, 5) is 0. The van der Waals surface area contributed by atoms with E-state index < -0.39 is 11.7 Å². The van der Waals surface area contributed by atoms with Crippen molar-refractivity contribution in [2.24, 2.45) is 0 Å². The van der Waals surface area contributed by atoms with E-state index in [1.54, 1.807) is 24.7 Å². The van der Waals surface area contributed by atoms with Gasteiger partial charge in [0.2, 0.25) is 0 Å². The summed E-state index contributed by atoms with van der Waals surface area (Å²) in [5.74, 6) is 0.429. The van der Waals surface area contributed by atoms with Gasteiger partial charge in [-0.1, -0.05) is 13.8 Å². The Bertz CT molecular complexity index is 313. The van der Waals surface area contributed by atoms with Crippen LogP contribution in [0.25, 0.3) is 0 Å². The van der Waals surface area contributed by atoms with E-state index in [2.05, 4.69) is 18.9 Å². The van der Waals surface area contributed by atoms with Crippen molar-refractivity contribution < 1.29 is 10.2 Å². The van der Waals surface area contributed by atoms with E-state index in [9.17, 15) is 10.2 Å². The summed E-state index contributed by atoms with van der Waals surface area (Å²) < 4.78 is 1.66. The molecule has 1 rings (SSSR count). The van der Waals surface area contributed by atoms with E-state index in [1.807, 2.05) is 6.20 Å². The zero-order chi connectivity index (χ0) is 11.6. The lowest BCUT2D eigenvalue weighted by atomic mass is 10.0. The maximum atomic E-state index is 9.68. The number of hydrogen-bond acceptors (Lipinski definition) is 3. The standard InChI is InChI=1S/C11H20N2O2/c1-8(2)9-5-12-13(6-9)7-10(14)11(3,4)15/h5-6,8,10,14-15H,7H2,1-4H3. The van der Waals surface area contributed by atoms with Gasteiger partial charge in [0.15, 0.2) is 0 Å². The highest BCUT2D eigenvalue weighted by atomic mass is 16.3. The molecular formula is C11H20N2O2. The first kappa shape index (κ1) is 12.2. The first-order valence-electron chi connectivity index (χ1n) is 5.23. The van der Waals surface area contributed by atoms with Crippen molar-refractivity contribution in [3.63, 3.8) is 0 Å². The second-order valence-corrected chi connectivity index (χ2v) is 4.82. The number of aromatic nitrogens is 2. The summed E-state index contributed by atoms with van der Waals surface area (Å²) in [6.45, 7) is 7.67. The summed E-state index contributed by atoms with van der Waals surface area (Å²) in [6.07, 6.45) is 2.89. The molecule has 0 aliphatic heterocycles. The van der Waals surface area contributed by atoms with E-state index in [0.29, 0.717) is 12.5 Å². The molecule has 86 valence electrons. The second-order valence-electron chi connectivity index (χ2n) is 4.82. The Balaban J connectivity index is 2.65. The van der Waals surface area contributed by atoms with Gasteiger partial charge in [0.25, 0.3) is 0 Å². The summed E-state index contributed by atoms with van der Waals surface area (Å²) in [6, 6.07) is 0. The van der Waals surface area contributed by atoms with Crippen LogP contribution in [0.1, 0.15) is 39.2 Å². The van der Waals surface area contributed by atoms with Gasteiger partial charge in [0, 0.05) is 6.20 Å². The minimum atomic E-state index is -1.09. The van der Waals surface area contributed by atoms with E-state index in [1.165, 1.54) is 0 Å². The molecule has 15 heavy (non-hydrogen) atoms. The molecule has 1 aromatic heterocycles.